The van der Waals surface area contributed by atoms with E-state index in [9.17, 15) is 9.90 Å². The van der Waals surface area contributed by atoms with Crippen LogP contribution < -0.4 is 15.6 Å². The first-order chi connectivity index (χ1) is 15.2. The van der Waals surface area contributed by atoms with E-state index in [0.717, 1.165) is 36.3 Å². The monoisotopic (exact) mass is 423 g/mol. The van der Waals surface area contributed by atoms with Crippen LogP contribution in [0.25, 0.3) is 0 Å². The number of phenols is 1. The first kappa shape index (κ1) is 20.3. The molecule has 7 heteroatoms. The molecule has 3 saturated heterocycles. The van der Waals surface area contributed by atoms with Gasteiger partial charge in [0.2, 0.25) is 5.91 Å². The maximum atomic E-state index is 13.5. The second-order valence-corrected chi connectivity index (χ2v) is 8.46. The largest absolute Gasteiger partial charge is 0.508 e. The van der Waals surface area contributed by atoms with Crippen molar-refractivity contribution in [3.8, 4) is 11.5 Å². The minimum absolute atomic E-state index is 0.0666. The van der Waals surface area contributed by atoms with Crippen molar-refractivity contribution in [1.29, 1.82) is 0 Å². The molecule has 3 aliphatic rings. The summed E-state index contributed by atoms with van der Waals surface area (Å²) < 4.78 is 11.6. The molecule has 0 radical (unpaired) electrons. The van der Waals surface area contributed by atoms with Crippen LogP contribution in [0.5, 0.6) is 11.5 Å². The molecule has 0 bridgehead atoms. The molecule has 3 fully saturated rings. The number of benzene rings is 2. The zero-order valence-corrected chi connectivity index (χ0v) is 17.7. The molecule has 31 heavy (non-hydrogen) atoms. The van der Waals surface area contributed by atoms with Gasteiger partial charge in [0.05, 0.1) is 24.8 Å². The first-order valence-electron chi connectivity index (χ1n) is 11.1. The van der Waals surface area contributed by atoms with Crippen molar-refractivity contribution in [2.75, 3.05) is 19.8 Å². The highest BCUT2D eigenvalue weighted by Gasteiger charge is 2.56. The maximum Gasteiger partial charge on any atom is 0.242 e. The number of hydrogen-bond donors (Lipinski definition) is 3. The molecule has 0 aliphatic carbocycles. The topological polar surface area (TPSA) is 83.1 Å². The Bertz CT molecular complexity index is 946. The van der Waals surface area contributed by atoms with Gasteiger partial charge in [0, 0.05) is 24.6 Å². The third-order valence-corrected chi connectivity index (χ3v) is 6.62. The molecule has 3 aliphatic heterocycles. The minimum atomic E-state index is -0.369. The molecule has 3 N–H and O–H groups in total. The van der Waals surface area contributed by atoms with E-state index in [1.165, 1.54) is 0 Å². The van der Waals surface area contributed by atoms with Crippen molar-refractivity contribution >= 4 is 5.91 Å². The highest BCUT2D eigenvalue weighted by Crippen LogP contribution is 2.49. The summed E-state index contributed by atoms with van der Waals surface area (Å²) in [6, 6.07) is 14.6. The Morgan fingerprint density at radius 3 is 2.77 bits per heavy atom. The highest BCUT2D eigenvalue weighted by atomic mass is 16.5. The highest BCUT2D eigenvalue weighted by molar-refractivity contribution is 5.86. The average Bonchev–Trinajstić information content (AvgIpc) is 3.49. The number of fused-ring (bicyclic) bond motifs is 1. The fourth-order valence-corrected chi connectivity index (χ4v) is 5.28. The van der Waals surface area contributed by atoms with Crippen molar-refractivity contribution in [3.05, 3.63) is 59.7 Å². The number of likely N-dealkylation sites (tertiary alicyclic amines) is 1. The van der Waals surface area contributed by atoms with Crippen molar-refractivity contribution in [3.63, 3.8) is 0 Å². The lowest BCUT2D eigenvalue weighted by atomic mass is 9.83. The maximum absolute atomic E-state index is 13.5. The molecule has 5 atom stereocenters. The van der Waals surface area contributed by atoms with Crippen LogP contribution in [0.15, 0.2) is 48.5 Å². The molecule has 0 aromatic heterocycles. The Labute approximate surface area is 182 Å². The van der Waals surface area contributed by atoms with Gasteiger partial charge >= 0.3 is 0 Å². The van der Waals surface area contributed by atoms with Gasteiger partial charge in [-0.15, -0.1) is 0 Å². The summed E-state index contributed by atoms with van der Waals surface area (Å²) in [5, 5.41) is 10.5. The van der Waals surface area contributed by atoms with E-state index in [4.69, 9.17) is 9.47 Å². The molecule has 164 valence electrons. The predicted molar refractivity (Wildman–Crippen MR) is 115 cm³/mol. The molecule has 5 unspecified atom stereocenters. The van der Waals surface area contributed by atoms with Crippen molar-refractivity contribution in [1.82, 2.24) is 15.8 Å². The van der Waals surface area contributed by atoms with Gasteiger partial charge in [-0.1, -0.05) is 30.3 Å². The summed E-state index contributed by atoms with van der Waals surface area (Å²) in [4.78, 5) is 15.5. The van der Waals surface area contributed by atoms with Crippen LogP contribution in [0.1, 0.15) is 43.0 Å². The molecule has 2 aromatic carbocycles. The van der Waals surface area contributed by atoms with Crippen molar-refractivity contribution in [2.24, 2.45) is 5.92 Å². The third kappa shape index (κ3) is 3.67. The molecule has 0 spiro atoms. The number of amides is 1. The number of para-hydroxylation sites is 1. The standard InChI is InChI=1S/C24H29N3O4/c1-2-30-16-8-5-7-15(13-16)23-20-21(18-10-3-4-11-19(18)28)25-26-22(20)24(29)27(23)14-17-9-6-12-31-17/h3-5,7-8,10-11,13,17,20-23,25-26,28H,2,6,9,12,14H2,1H3. The molecule has 7 nitrogen and oxygen atoms in total. The summed E-state index contributed by atoms with van der Waals surface area (Å²) >= 11 is 0. The number of carbonyl (C=O) groups excluding carboxylic acids is 1. The number of hydrazine groups is 1. The van der Waals surface area contributed by atoms with Gasteiger partial charge in [-0.05, 0) is 43.5 Å². The lowest BCUT2D eigenvalue weighted by molar-refractivity contribution is -0.132. The SMILES string of the molecule is CCOc1cccc(C2C3C(NNC3c3ccccc3O)C(=O)N2CC2CCCO2)c1. The van der Waals surface area contributed by atoms with E-state index >= 15 is 0 Å². The second kappa shape index (κ2) is 8.49. The predicted octanol–water partition coefficient (Wildman–Crippen LogP) is 2.69. The Balaban J connectivity index is 1.55. The normalized spacial score (nSPS) is 30.0. The minimum Gasteiger partial charge on any atom is -0.508 e. The number of carbonyl (C=O) groups is 1. The van der Waals surface area contributed by atoms with Crippen LogP contribution in [0.2, 0.25) is 0 Å². The molecule has 2 aromatic rings. The summed E-state index contributed by atoms with van der Waals surface area (Å²) in [6.07, 6.45) is 2.07. The third-order valence-electron chi connectivity index (χ3n) is 6.62. The Morgan fingerprint density at radius 1 is 1.16 bits per heavy atom. The lowest BCUT2D eigenvalue weighted by Gasteiger charge is -2.33. The Hall–Kier alpha value is -2.61. The number of ether oxygens (including phenoxy) is 2. The van der Waals surface area contributed by atoms with Crippen LogP contribution in [0.3, 0.4) is 0 Å². The smallest absolute Gasteiger partial charge is 0.242 e. The van der Waals surface area contributed by atoms with Crippen LogP contribution in [-0.4, -0.2) is 47.8 Å². The van der Waals surface area contributed by atoms with E-state index in [0.29, 0.717) is 13.2 Å². The van der Waals surface area contributed by atoms with Gasteiger partial charge in [0.15, 0.2) is 0 Å². The zero-order valence-electron chi connectivity index (χ0n) is 17.7. The number of rotatable bonds is 6. The zero-order chi connectivity index (χ0) is 21.4. The summed E-state index contributed by atoms with van der Waals surface area (Å²) in [5.74, 6) is 1.01. The van der Waals surface area contributed by atoms with Crippen LogP contribution in [-0.2, 0) is 9.53 Å². The van der Waals surface area contributed by atoms with Crippen LogP contribution >= 0.6 is 0 Å². The first-order valence-corrected chi connectivity index (χ1v) is 11.1. The molecule has 1 amide bonds. The lowest BCUT2D eigenvalue weighted by Crippen LogP contribution is -2.43. The summed E-state index contributed by atoms with van der Waals surface area (Å²) in [7, 11) is 0. The van der Waals surface area contributed by atoms with Crippen molar-refractivity contribution < 1.29 is 19.4 Å². The fraction of sp³-hybridized carbons (Fsp3) is 0.458. The molecular formula is C24H29N3O4. The van der Waals surface area contributed by atoms with E-state index in [2.05, 4.69) is 16.9 Å². The van der Waals surface area contributed by atoms with Gasteiger partial charge in [-0.3, -0.25) is 4.79 Å². The van der Waals surface area contributed by atoms with Gasteiger partial charge < -0.3 is 19.5 Å². The van der Waals surface area contributed by atoms with Gasteiger partial charge in [-0.2, -0.15) is 0 Å². The van der Waals surface area contributed by atoms with Crippen LogP contribution in [0.4, 0.5) is 0 Å². The number of nitrogens with one attached hydrogen (secondary N) is 2. The second-order valence-electron chi connectivity index (χ2n) is 8.46. The van der Waals surface area contributed by atoms with E-state index in [-0.39, 0.29) is 41.8 Å². The summed E-state index contributed by atoms with van der Waals surface area (Å²) in [5.41, 5.74) is 8.32. The number of aromatic hydroxyl groups is 1. The van der Waals surface area contributed by atoms with Crippen LogP contribution in [0, 0.1) is 5.92 Å². The van der Waals surface area contributed by atoms with Gasteiger partial charge in [-0.25, -0.2) is 10.9 Å². The van der Waals surface area contributed by atoms with E-state index in [1.54, 1.807) is 6.07 Å². The molecule has 5 rings (SSSR count). The Morgan fingerprint density at radius 2 is 2.00 bits per heavy atom. The van der Waals surface area contributed by atoms with E-state index < -0.39 is 0 Å². The molecular weight excluding hydrogens is 394 g/mol. The fourth-order valence-electron chi connectivity index (χ4n) is 5.28. The van der Waals surface area contributed by atoms with E-state index in [1.807, 2.05) is 48.2 Å². The quantitative estimate of drug-likeness (QED) is 0.663. The van der Waals surface area contributed by atoms with Gasteiger partial charge in [0.1, 0.15) is 17.5 Å². The van der Waals surface area contributed by atoms with Crippen molar-refractivity contribution in [2.45, 2.75) is 44.0 Å². The Kier molecular flexibility index (Phi) is 5.56. The van der Waals surface area contributed by atoms with Gasteiger partial charge in [0.25, 0.3) is 0 Å². The number of phenolic OH excluding ortho intramolecular Hbond substituents is 1. The molecule has 0 saturated carbocycles. The summed E-state index contributed by atoms with van der Waals surface area (Å²) in [6.45, 7) is 3.88. The number of hydrogen-bond acceptors (Lipinski definition) is 6. The molecule has 3 heterocycles. The average molecular weight is 424 g/mol. The number of nitrogens with zero attached hydrogens (tertiary/aromatic N) is 1.